The fourth-order valence-corrected chi connectivity index (χ4v) is 3.53. The van der Waals surface area contributed by atoms with Crippen LogP contribution in [0.3, 0.4) is 0 Å². The topological polar surface area (TPSA) is 52.6 Å². The summed E-state index contributed by atoms with van der Waals surface area (Å²) in [6.45, 7) is 3.38. The summed E-state index contributed by atoms with van der Waals surface area (Å²) in [7, 11) is 0. The van der Waals surface area contributed by atoms with Gasteiger partial charge in [0.15, 0.2) is 0 Å². The maximum atomic E-state index is 11.4. The SMILES string of the molecule is C=CC(=O)OC1C2CC3CC(=O)OC1C3C2. The maximum absolute atomic E-state index is 11.4. The summed E-state index contributed by atoms with van der Waals surface area (Å²) < 4.78 is 10.6. The number of rotatable bonds is 2. The third-order valence-corrected chi connectivity index (χ3v) is 4.11. The van der Waals surface area contributed by atoms with Crippen LogP contribution in [0.2, 0.25) is 0 Å². The summed E-state index contributed by atoms with van der Waals surface area (Å²) in [4.78, 5) is 22.6. The third kappa shape index (κ3) is 1.29. The van der Waals surface area contributed by atoms with Crippen LogP contribution < -0.4 is 0 Å². The van der Waals surface area contributed by atoms with Gasteiger partial charge in [0.05, 0.1) is 0 Å². The van der Waals surface area contributed by atoms with Gasteiger partial charge in [-0.15, -0.1) is 0 Å². The van der Waals surface area contributed by atoms with Gasteiger partial charge in [0.25, 0.3) is 0 Å². The predicted octanol–water partition coefficient (Wildman–Crippen LogP) is 1.06. The number of ether oxygens (including phenoxy) is 2. The average Bonchev–Trinajstić information content (AvgIpc) is 2.78. The molecular weight excluding hydrogens is 208 g/mol. The van der Waals surface area contributed by atoms with E-state index in [1.807, 2.05) is 0 Å². The van der Waals surface area contributed by atoms with E-state index in [1.54, 1.807) is 0 Å². The molecule has 86 valence electrons. The average molecular weight is 222 g/mol. The molecule has 0 aromatic rings. The molecule has 0 spiro atoms. The highest BCUT2D eigenvalue weighted by Crippen LogP contribution is 2.54. The first kappa shape index (κ1) is 9.87. The molecule has 16 heavy (non-hydrogen) atoms. The molecule has 1 saturated heterocycles. The van der Waals surface area contributed by atoms with Gasteiger partial charge in [-0.05, 0) is 18.8 Å². The number of carbonyl (C=O) groups is 2. The summed E-state index contributed by atoms with van der Waals surface area (Å²) in [6.07, 6.45) is 3.28. The fourth-order valence-electron chi connectivity index (χ4n) is 3.53. The van der Waals surface area contributed by atoms with Gasteiger partial charge in [0.2, 0.25) is 0 Å². The standard InChI is InChI=1S/C12H14O4/c1-2-9(13)15-11-7-3-6-5-10(14)16-12(11)8(6)4-7/h2,6-8,11-12H,1,3-5H2. The van der Waals surface area contributed by atoms with Gasteiger partial charge in [-0.25, -0.2) is 4.79 Å². The lowest BCUT2D eigenvalue weighted by molar-refractivity contribution is -0.182. The van der Waals surface area contributed by atoms with Gasteiger partial charge >= 0.3 is 11.9 Å². The minimum atomic E-state index is -0.421. The Morgan fingerprint density at radius 2 is 2.25 bits per heavy atom. The van der Waals surface area contributed by atoms with Crippen molar-refractivity contribution in [2.24, 2.45) is 17.8 Å². The molecule has 1 aliphatic heterocycles. The molecule has 3 rings (SSSR count). The molecular formula is C12H14O4. The molecule has 3 fully saturated rings. The second kappa shape index (κ2) is 3.34. The zero-order chi connectivity index (χ0) is 11.3. The van der Waals surface area contributed by atoms with Crippen LogP contribution in [0.1, 0.15) is 19.3 Å². The van der Waals surface area contributed by atoms with Crippen LogP contribution in [0.25, 0.3) is 0 Å². The third-order valence-electron chi connectivity index (χ3n) is 4.11. The number of hydrogen-bond acceptors (Lipinski definition) is 4. The molecule has 4 heteroatoms. The second-order valence-electron chi connectivity index (χ2n) is 4.92. The zero-order valence-corrected chi connectivity index (χ0v) is 8.93. The summed E-state index contributed by atoms with van der Waals surface area (Å²) in [5, 5.41) is 0. The largest absolute Gasteiger partial charge is 0.458 e. The molecule has 3 aliphatic rings. The van der Waals surface area contributed by atoms with E-state index >= 15 is 0 Å². The fraction of sp³-hybridized carbons (Fsp3) is 0.667. The van der Waals surface area contributed by atoms with Crippen LogP contribution in [-0.4, -0.2) is 24.1 Å². The van der Waals surface area contributed by atoms with Crippen molar-refractivity contribution in [1.82, 2.24) is 0 Å². The van der Waals surface area contributed by atoms with Crippen molar-refractivity contribution in [1.29, 1.82) is 0 Å². The minimum absolute atomic E-state index is 0.147. The molecule has 4 nitrogen and oxygen atoms in total. The second-order valence-corrected chi connectivity index (χ2v) is 4.92. The van der Waals surface area contributed by atoms with Crippen molar-refractivity contribution in [3.05, 3.63) is 12.7 Å². The van der Waals surface area contributed by atoms with Crippen molar-refractivity contribution in [3.63, 3.8) is 0 Å². The highest BCUT2D eigenvalue weighted by atomic mass is 16.6. The van der Waals surface area contributed by atoms with Crippen molar-refractivity contribution >= 4 is 11.9 Å². The molecule has 2 saturated carbocycles. The zero-order valence-electron chi connectivity index (χ0n) is 8.93. The van der Waals surface area contributed by atoms with Gasteiger partial charge in [-0.1, -0.05) is 6.58 Å². The smallest absolute Gasteiger partial charge is 0.330 e. The monoisotopic (exact) mass is 222 g/mol. The van der Waals surface area contributed by atoms with Gasteiger partial charge in [0, 0.05) is 24.3 Å². The Balaban J connectivity index is 1.79. The maximum Gasteiger partial charge on any atom is 0.330 e. The van der Waals surface area contributed by atoms with Gasteiger partial charge in [0.1, 0.15) is 12.2 Å². The Hall–Kier alpha value is -1.32. The quantitative estimate of drug-likeness (QED) is 0.517. The van der Waals surface area contributed by atoms with Crippen molar-refractivity contribution in [2.75, 3.05) is 0 Å². The molecule has 2 aliphatic carbocycles. The Kier molecular flexibility index (Phi) is 2.06. The van der Waals surface area contributed by atoms with E-state index in [0.29, 0.717) is 24.2 Å². The molecule has 0 radical (unpaired) electrons. The molecule has 2 bridgehead atoms. The number of esters is 2. The predicted molar refractivity (Wildman–Crippen MR) is 54.3 cm³/mol. The molecule has 0 aromatic heterocycles. The van der Waals surface area contributed by atoms with E-state index in [-0.39, 0.29) is 18.2 Å². The Labute approximate surface area is 93.6 Å². The summed E-state index contributed by atoms with van der Waals surface area (Å²) in [5.41, 5.74) is 0. The van der Waals surface area contributed by atoms with Crippen LogP contribution in [0.4, 0.5) is 0 Å². The van der Waals surface area contributed by atoms with E-state index in [1.165, 1.54) is 0 Å². The van der Waals surface area contributed by atoms with Crippen LogP contribution in [0.15, 0.2) is 12.7 Å². The molecule has 5 unspecified atom stereocenters. The highest BCUT2D eigenvalue weighted by molar-refractivity contribution is 5.81. The molecule has 0 N–H and O–H groups in total. The van der Waals surface area contributed by atoms with Crippen molar-refractivity contribution in [3.8, 4) is 0 Å². The van der Waals surface area contributed by atoms with Crippen molar-refractivity contribution in [2.45, 2.75) is 31.5 Å². The summed E-state index contributed by atoms with van der Waals surface area (Å²) in [5.74, 6) is 0.666. The lowest BCUT2D eigenvalue weighted by atomic mass is 9.81. The number of carbonyl (C=O) groups excluding carboxylic acids is 2. The minimum Gasteiger partial charge on any atom is -0.458 e. The molecule has 0 amide bonds. The normalized spacial score (nSPS) is 44.0. The Bertz CT molecular complexity index is 362. The van der Waals surface area contributed by atoms with Gasteiger partial charge in [-0.2, -0.15) is 0 Å². The van der Waals surface area contributed by atoms with E-state index in [2.05, 4.69) is 6.58 Å². The molecule has 0 aromatic carbocycles. The van der Waals surface area contributed by atoms with E-state index in [4.69, 9.17) is 9.47 Å². The lowest BCUT2D eigenvalue weighted by Gasteiger charge is -2.38. The van der Waals surface area contributed by atoms with Gasteiger partial charge in [-0.3, -0.25) is 4.79 Å². The van der Waals surface area contributed by atoms with Crippen molar-refractivity contribution < 1.29 is 19.1 Å². The van der Waals surface area contributed by atoms with Crippen LogP contribution in [0, 0.1) is 17.8 Å². The number of hydrogen-bond donors (Lipinski definition) is 0. The van der Waals surface area contributed by atoms with E-state index < -0.39 is 5.97 Å². The first-order valence-corrected chi connectivity index (χ1v) is 5.71. The van der Waals surface area contributed by atoms with Crippen LogP contribution >= 0.6 is 0 Å². The number of fused-ring (bicyclic) bond motifs is 1. The Morgan fingerprint density at radius 3 is 3.00 bits per heavy atom. The molecule has 1 heterocycles. The Morgan fingerprint density at radius 1 is 1.44 bits per heavy atom. The van der Waals surface area contributed by atoms with E-state index in [9.17, 15) is 9.59 Å². The first-order valence-electron chi connectivity index (χ1n) is 5.71. The van der Waals surface area contributed by atoms with Gasteiger partial charge < -0.3 is 9.47 Å². The molecule has 5 atom stereocenters. The first-order chi connectivity index (χ1) is 7.69. The van der Waals surface area contributed by atoms with Crippen LogP contribution in [-0.2, 0) is 19.1 Å². The summed E-state index contributed by atoms with van der Waals surface area (Å²) >= 11 is 0. The lowest BCUT2D eigenvalue weighted by Crippen LogP contribution is -2.46. The van der Waals surface area contributed by atoms with E-state index in [0.717, 1.165) is 18.9 Å². The highest BCUT2D eigenvalue weighted by Gasteiger charge is 2.58. The summed E-state index contributed by atoms with van der Waals surface area (Å²) in [6, 6.07) is 0. The van der Waals surface area contributed by atoms with Crippen LogP contribution in [0.5, 0.6) is 0 Å².